The first kappa shape index (κ1) is 14.0. The van der Waals surface area contributed by atoms with Crippen LogP contribution in [0.2, 0.25) is 5.02 Å². The van der Waals surface area contributed by atoms with Crippen LogP contribution in [0.1, 0.15) is 5.56 Å². The molecule has 5 nitrogen and oxygen atoms in total. The van der Waals surface area contributed by atoms with Gasteiger partial charge in [-0.25, -0.2) is 19.2 Å². The standard InChI is InChI=1S/C13H8ClFN2O3/c14-9-2-1-3-10(12(9)15)20-13-16-6-8(7-17-13)4-5-11(18)19/h1-7H,(H,18,19)/b5-4+. The van der Waals surface area contributed by atoms with Gasteiger partial charge >= 0.3 is 12.0 Å². The SMILES string of the molecule is O=C(O)/C=C/c1cnc(Oc2cccc(Cl)c2F)nc1. The Kier molecular flexibility index (Phi) is 4.27. The number of halogens is 2. The van der Waals surface area contributed by atoms with Crippen molar-refractivity contribution in [1.29, 1.82) is 0 Å². The van der Waals surface area contributed by atoms with Crippen molar-refractivity contribution in [2.24, 2.45) is 0 Å². The molecule has 0 radical (unpaired) electrons. The molecule has 0 spiro atoms. The summed E-state index contributed by atoms with van der Waals surface area (Å²) in [6.07, 6.45) is 4.98. The van der Waals surface area contributed by atoms with Crippen molar-refractivity contribution < 1.29 is 19.0 Å². The summed E-state index contributed by atoms with van der Waals surface area (Å²) in [5.74, 6) is -1.87. The maximum atomic E-state index is 13.6. The van der Waals surface area contributed by atoms with Gasteiger partial charge in [0.15, 0.2) is 11.6 Å². The fraction of sp³-hybridized carbons (Fsp3) is 0. The molecular formula is C13H8ClFN2O3. The third kappa shape index (κ3) is 3.52. The van der Waals surface area contributed by atoms with Gasteiger partial charge < -0.3 is 9.84 Å². The van der Waals surface area contributed by atoms with Crippen molar-refractivity contribution in [3.05, 3.63) is 53.1 Å². The number of aromatic nitrogens is 2. The molecule has 0 bridgehead atoms. The molecule has 7 heteroatoms. The van der Waals surface area contributed by atoms with Gasteiger partial charge in [0.25, 0.3) is 0 Å². The number of ether oxygens (including phenoxy) is 1. The Labute approximate surface area is 118 Å². The van der Waals surface area contributed by atoms with E-state index >= 15 is 0 Å². The van der Waals surface area contributed by atoms with E-state index in [-0.39, 0.29) is 16.8 Å². The van der Waals surface area contributed by atoms with Crippen LogP contribution in [0.3, 0.4) is 0 Å². The summed E-state index contributed by atoms with van der Waals surface area (Å²) in [5, 5.41) is 8.41. The zero-order chi connectivity index (χ0) is 14.5. The fourth-order valence-electron chi connectivity index (χ4n) is 1.29. The van der Waals surface area contributed by atoms with Gasteiger partial charge in [-0.1, -0.05) is 17.7 Å². The van der Waals surface area contributed by atoms with Crippen LogP contribution in [0, 0.1) is 5.82 Å². The summed E-state index contributed by atoms with van der Waals surface area (Å²) < 4.78 is 18.7. The maximum Gasteiger partial charge on any atom is 0.328 e. The Morgan fingerprint density at radius 3 is 2.70 bits per heavy atom. The van der Waals surface area contributed by atoms with Gasteiger partial charge in [-0.15, -0.1) is 0 Å². The van der Waals surface area contributed by atoms with E-state index < -0.39 is 11.8 Å². The Morgan fingerprint density at radius 2 is 2.05 bits per heavy atom. The molecule has 0 saturated heterocycles. The van der Waals surface area contributed by atoms with E-state index in [9.17, 15) is 9.18 Å². The molecule has 20 heavy (non-hydrogen) atoms. The second-order valence-electron chi connectivity index (χ2n) is 3.62. The summed E-state index contributed by atoms with van der Waals surface area (Å²) in [5.41, 5.74) is 0.478. The molecule has 0 aliphatic heterocycles. The number of carboxylic acid groups (broad SMARTS) is 1. The van der Waals surface area contributed by atoms with Gasteiger partial charge in [-0.3, -0.25) is 0 Å². The van der Waals surface area contributed by atoms with Crippen LogP contribution in [0.5, 0.6) is 11.8 Å². The van der Waals surface area contributed by atoms with Crippen LogP contribution in [-0.2, 0) is 4.79 Å². The van der Waals surface area contributed by atoms with E-state index in [4.69, 9.17) is 21.4 Å². The predicted molar refractivity (Wildman–Crippen MR) is 70.2 cm³/mol. The Balaban J connectivity index is 2.15. The van der Waals surface area contributed by atoms with Crippen LogP contribution in [-0.4, -0.2) is 21.0 Å². The molecule has 2 rings (SSSR count). The lowest BCUT2D eigenvalue weighted by Crippen LogP contribution is -1.94. The maximum absolute atomic E-state index is 13.6. The predicted octanol–water partition coefficient (Wildman–Crippen LogP) is 3.16. The smallest absolute Gasteiger partial charge is 0.328 e. The number of nitrogens with zero attached hydrogens (tertiary/aromatic N) is 2. The van der Waals surface area contributed by atoms with Gasteiger partial charge in [0.2, 0.25) is 0 Å². The third-order valence-corrected chi connectivity index (χ3v) is 2.48. The molecule has 0 fully saturated rings. The molecule has 0 amide bonds. The second kappa shape index (κ2) is 6.12. The van der Waals surface area contributed by atoms with E-state index in [1.807, 2.05) is 0 Å². The van der Waals surface area contributed by atoms with Gasteiger partial charge in [0.1, 0.15) is 0 Å². The summed E-state index contributed by atoms with van der Waals surface area (Å²) in [4.78, 5) is 18.0. The highest BCUT2D eigenvalue weighted by molar-refractivity contribution is 6.30. The van der Waals surface area contributed by atoms with Crippen molar-refractivity contribution in [1.82, 2.24) is 9.97 Å². The second-order valence-corrected chi connectivity index (χ2v) is 4.03. The molecule has 0 atom stereocenters. The first-order chi connectivity index (χ1) is 9.56. The lowest BCUT2D eigenvalue weighted by Gasteiger charge is -2.05. The highest BCUT2D eigenvalue weighted by Gasteiger charge is 2.09. The number of benzene rings is 1. The molecule has 1 aromatic carbocycles. The van der Waals surface area contributed by atoms with Crippen molar-refractivity contribution in [2.45, 2.75) is 0 Å². The minimum absolute atomic E-state index is 0.0662. The molecule has 0 saturated carbocycles. The van der Waals surface area contributed by atoms with Gasteiger partial charge in [-0.05, 0) is 18.2 Å². The van der Waals surface area contributed by atoms with Crippen LogP contribution in [0.25, 0.3) is 6.08 Å². The third-order valence-electron chi connectivity index (χ3n) is 2.18. The summed E-state index contributed by atoms with van der Waals surface area (Å²) in [6.45, 7) is 0. The van der Waals surface area contributed by atoms with E-state index in [0.29, 0.717) is 5.56 Å². The Bertz CT molecular complexity index is 659. The minimum Gasteiger partial charge on any atom is -0.478 e. The van der Waals surface area contributed by atoms with Gasteiger partial charge in [-0.2, -0.15) is 0 Å². The quantitative estimate of drug-likeness (QED) is 0.877. The summed E-state index contributed by atoms with van der Waals surface area (Å²) in [7, 11) is 0. The molecule has 0 unspecified atom stereocenters. The highest BCUT2D eigenvalue weighted by Crippen LogP contribution is 2.26. The van der Waals surface area contributed by atoms with Crippen molar-refractivity contribution >= 4 is 23.6 Å². The van der Waals surface area contributed by atoms with E-state index in [1.54, 1.807) is 0 Å². The monoisotopic (exact) mass is 294 g/mol. The van der Waals surface area contributed by atoms with Crippen LogP contribution >= 0.6 is 11.6 Å². The van der Waals surface area contributed by atoms with Crippen LogP contribution in [0.15, 0.2) is 36.7 Å². The zero-order valence-corrected chi connectivity index (χ0v) is 10.7. The van der Waals surface area contributed by atoms with Crippen molar-refractivity contribution in [3.63, 3.8) is 0 Å². The number of carboxylic acids is 1. The topological polar surface area (TPSA) is 72.3 Å². The number of rotatable bonds is 4. The molecule has 1 aromatic heterocycles. The van der Waals surface area contributed by atoms with Crippen molar-refractivity contribution in [3.8, 4) is 11.8 Å². The molecular weight excluding hydrogens is 287 g/mol. The molecule has 1 N–H and O–H groups in total. The highest BCUT2D eigenvalue weighted by atomic mass is 35.5. The first-order valence-electron chi connectivity index (χ1n) is 5.41. The van der Waals surface area contributed by atoms with E-state index in [0.717, 1.165) is 6.08 Å². The van der Waals surface area contributed by atoms with Crippen LogP contribution in [0.4, 0.5) is 4.39 Å². The molecule has 102 valence electrons. The number of hydrogen-bond donors (Lipinski definition) is 1. The average molecular weight is 295 g/mol. The number of hydrogen-bond acceptors (Lipinski definition) is 4. The number of carbonyl (C=O) groups is 1. The van der Waals surface area contributed by atoms with E-state index in [1.165, 1.54) is 36.7 Å². The van der Waals surface area contributed by atoms with E-state index in [2.05, 4.69) is 9.97 Å². The molecule has 0 aliphatic carbocycles. The van der Waals surface area contributed by atoms with Crippen LogP contribution < -0.4 is 4.74 Å². The first-order valence-corrected chi connectivity index (χ1v) is 5.79. The lowest BCUT2D eigenvalue weighted by atomic mass is 10.3. The minimum atomic E-state index is -1.08. The molecule has 2 aromatic rings. The number of aliphatic carboxylic acids is 1. The normalized spacial score (nSPS) is 10.7. The summed E-state index contributed by atoms with van der Waals surface area (Å²) >= 11 is 5.62. The van der Waals surface area contributed by atoms with Gasteiger partial charge in [0.05, 0.1) is 5.02 Å². The zero-order valence-electron chi connectivity index (χ0n) is 9.96. The Hall–Kier alpha value is -2.47. The van der Waals surface area contributed by atoms with Crippen molar-refractivity contribution in [2.75, 3.05) is 0 Å². The van der Waals surface area contributed by atoms with Gasteiger partial charge in [0, 0.05) is 24.0 Å². The fourth-order valence-corrected chi connectivity index (χ4v) is 1.46. The lowest BCUT2D eigenvalue weighted by molar-refractivity contribution is -0.131. The Morgan fingerprint density at radius 1 is 1.35 bits per heavy atom. The molecule has 0 aliphatic rings. The summed E-state index contributed by atoms with van der Waals surface area (Å²) in [6, 6.07) is 4.25. The largest absolute Gasteiger partial charge is 0.478 e. The molecule has 1 heterocycles. The average Bonchev–Trinajstić information content (AvgIpc) is 2.43.